The van der Waals surface area contributed by atoms with Crippen LogP contribution in [0.15, 0.2) is 0 Å². The van der Waals surface area contributed by atoms with Crippen LogP contribution >= 0.6 is 0 Å². The van der Waals surface area contributed by atoms with Gasteiger partial charge in [0.2, 0.25) is 0 Å². The molecule has 2 N–H and O–H groups in total. The van der Waals surface area contributed by atoms with Crippen LogP contribution < -0.4 is 5.73 Å². The van der Waals surface area contributed by atoms with E-state index < -0.39 is 5.97 Å². The number of nitrogens with two attached hydrogens (primary N) is 1. The normalized spacial score (nSPS) is 10.3. The predicted octanol–water partition coefficient (Wildman–Crippen LogP) is 0.554. The van der Waals surface area contributed by atoms with Gasteiger partial charge in [0.25, 0.3) is 0 Å². The molecule has 1 heterocycles. The van der Waals surface area contributed by atoms with E-state index in [1.807, 2.05) is 6.92 Å². The van der Waals surface area contributed by atoms with Gasteiger partial charge in [-0.1, -0.05) is 0 Å². The first-order valence-electron chi connectivity index (χ1n) is 4.60. The van der Waals surface area contributed by atoms with E-state index in [-0.39, 0.29) is 12.5 Å². The summed E-state index contributed by atoms with van der Waals surface area (Å²) in [5.74, 6) is -0.517. The minimum absolute atomic E-state index is 0.0911. The van der Waals surface area contributed by atoms with Gasteiger partial charge in [0.15, 0.2) is 12.5 Å². The first kappa shape index (κ1) is 11.5. The third-order valence-electron chi connectivity index (χ3n) is 1.97. The highest BCUT2D eigenvalue weighted by Crippen LogP contribution is 2.17. The number of methoxy groups -OCH3 is 1. The van der Waals surface area contributed by atoms with Gasteiger partial charge in [-0.15, -0.1) is 0 Å². The summed E-state index contributed by atoms with van der Waals surface area (Å²) in [5, 5.41) is 4.11. The largest absolute Gasteiger partial charge is 0.434 e. The maximum atomic E-state index is 11.6. The summed E-state index contributed by atoms with van der Waals surface area (Å²) in [6, 6.07) is 0. The molecule has 1 aromatic rings. The van der Waals surface area contributed by atoms with E-state index in [9.17, 15) is 4.79 Å². The zero-order valence-corrected chi connectivity index (χ0v) is 9.11. The third kappa shape index (κ3) is 2.27. The van der Waals surface area contributed by atoms with Gasteiger partial charge in [0, 0.05) is 13.7 Å². The smallest absolute Gasteiger partial charge is 0.360 e. The Morgan fingerprint density at radius 1 is 1.60 bits per heavy atom. The second-order valence-corrected chi connectivity index (χ2v) is 3.00. The molecule has 0 amide bonds. The summed E-state index contributed by atoms with van der Waals surface area (Å²) in [6.07, 6.45) is 0. The summed E-state index contributed by atoms with van der Waals surface area (Å²) in [4.78, 5) is 11.6. The van der Waals surface area contributed by atoms with Crippen molar-refractivity contribution in [2.24, 2.45) is 0 Å². The SMILES string of the molecule is CCn1nc(C)c(N)c1C(=O)OCOC. The van der Waals surface area contributed by atoms with Gasteiger partial charge >= 0.3 is 5.97 Å². The first-order valence-corrected chi connectivity index (χ1v) is 4.60. The van der Waals surface area contributed by atoms with Crippen LogP contribution in [0.2, 0.25) is 0 Å². The Balaban J connectivity index is 2.96. The lowest BCUT2D eigenvalue weighted by molar-refractivity contribution is -0.0133. The van der Waals surface area contributed by atoms with Gasteiger partial charge in [0.05, 0.1) is 11.4 Å². The second kappa shape index (κ2) is 4.79. The topological polar surface area (TPSA) is 79.4 Å². The van der Waals surface area contributed by atoms with E-state index in [0.29, 0.717) is 17.9 Å². The lowest BCUT2D eigenvalue weighted by Gasteiger charge is -2.05. The van der Waals surface area contributed by atoms with Crippen molar-refractivity contribution in [2.45, 2.75) is 20.4 Å². The fourth-order valence-electron chi connectivity index (χ4n) is 1.22. The Morgan fingerprint density at radius 2 is 2.27 bits per heavy atom. The number of aromatic nitrogens is 2. The van der Waals surface area contributed by atoms with Crippen LogP contribution in [0.4, 0.5) is 5.69 Å². The molecule has 0 spiro atoms. The summed E-state index contributed by atoms with van der Waals surface area (Å²) in [5.41, 5.74) is 7.00. The molecule has 84 valence electrons. The number of hydrogen-bond donors (Lipinski definition) is 1. The van der Waals surface area contributed by atoms with Crippen molar-refractivity contribution in [3.05, 3.63) is 11.4 Å². The Morgan fingerprint density at radius 3 is 2.80 bits per heavy atom. The number of carbonyl (C=O) groups is 1. The fourth-order valence-corrected chi connectivity index (χ4v) is 1.22. The number of ether oxygens (including phenoxy) is 2. The minimum Gasteiger partial charge on any atom is -0.434 e. The van der Waals surface area contributed by atoms with Crippen molar-refractivity contribution in [1.82, 2.24) is 9.78 Å². The number of anilines is 1. The number of rotatable bonds is 4. The van der Waals surface area contributed by atoms with Crippen molar-refractivity contribution in [1.29, 1.82) is 0 Å². The van der Waals surface area contributed by atoms with Crippen molar-refractivity contribution in [2.75, 3.05) is 19.6 Å². The maximum Gasteiger partial charge on any atom is 0.360 e. The molecule has 0 unspecified atom stereocenters. The molecule has 0 fully saturated rings. The highest BCUT2D eigenvalue weighted by Gasteiger charge is 2.20. The van der Waals surface area contributed by atoms with E-state index in [1.165, 1.54) is 11.8 Å². The van der Waals surface area contributed by atoms with Crippen molar-refractivity contribution in [3.8, 4) is 0 Å². The Bertz CT molecular complexity index is 360. The predicted molar refractivity (Wildman–Crippen MR) is 54.3 cm³/mol. The molecule has 0 radical (unpaired) electrons. The number of nitrogens with zero attached hydrogens (tertiary/aromatic N) is 2. The quantitative estimate of drug-likeness (QED) is 0.583. The van der Waals surface area contributed by atoms with E-state index in [1.54, 1.807) is 6.92 Å². The molecular weight excluding hydrogens is 198 g/mol. The number of esters is 1. The molecule has 0 aliphatic carbocycles. The lowest BCUT2D eigenvalue weighted by atomic mass is 10.3. The summed E-state index contributed by atoms with van der Waals surface area (Å²) < 4.78 is 11.0. The molecule has 0 saturated carbocycles. The van der Waals surface area contributed by atoms with Crippen molar-refractivity contribution < 1.29 is 14.3 Å². The molecule has 0 bridgehead atoms. The lowest BCUT2D eigenvalue weighted by Crippen LogP contribution is -2.15. The Kier molecular flexibility index (Phi) is 3.68. The highest BCUT2D eigenvalue weighted by atomic mass is 16.7. The second-order valence-electron chi connectivity index (χ2n) is 3.00. The van der Waals surface area contributed by atoms with Crippen LogP contribution in [0.1, 0.15) is 23.1 Å². The van der Waals surface area contributed by atoms with Crippen LogP contribution in [-0.4, -0.2) is 29.7 Å². The zero-order valence-electron chi connectivity index (χ0n) is 9.11. The molecule has 0 aromatic carbocycles. The molecule has 6 heteroatoms. The highest BCUT2D eigenvalue weighted by molar-refractivity contribution is 5.93. The average molecular weight is 213 g/mol. The monoisotopic (exact) mass is 213 g/mol. The minimum atomic E-state index is -0.517. The molecular formula is C9H15N3O3. The third-order valence-corrected chi connectivity index (χ3v) is 1.97. The van der Waals surface area contributed by atoms with Crippen LogP contribution in [0.25, 0.3) is 0 Å². The molecule has 0 atom stereocenters. The molecule has 15 heavy (non-hydrogen) atoms. The van der Waals surface area contributed by atoms with Gasteiger partial charge < -0.3 is 15.2 Å². The molecule has 1 aromatic heterocycles. The molecule has 0 aliphatic rings. The van der Waals surface area contributed by atoms with Crippen LogP contribution in [-0.2, 0) is 16.0 Å². The summed E-state index contributed by atoms with van der Waals surface area (Å²) in [6.45, 7) is 4.09. The molecule has 0 saturated heterocycles. The van der Waals surface area contributed by atoms with Crippen LogP contribution in [0.3, 0.4) is 0 Å². The number of nitrogen functional groups attached to an aromatic ring is 1. The maximum absolute atomic E-state index is 11.6. The van der Waals surface area contributed by atoms with E-state index in [0.717, 1.165) is 0 Å². The molecule has 6 nitrogen and oxygen atoms in total. The van der Waals surface area contributed by atoms with Gasteiger partial charge in [0.1, 0.15) is 0 Å². The van der Waals surface area contributed by atoms with Gasteiger partial charge in [-0.25, -0.2) is 4.79 Å². The first-order chi connectivity index (χ1) is 7.11. The zero-order chi connectivity index (χ0) is 11.4. The summed E-state index contributed by atoms with van der Waals surface area (Å²) >= 11 is 0. The summed E-state index contributed by atoms with van der Waals surface area (Å²) in [7, 11) is 1.44. The number of aryl methyl sites for hydroxylation is 2. The van der Waals surface area contributed by atoms with E-state index in [4.69, 9.17) is 10.5 Å². The van der Waals surface area contributed by atoms with E-state index >= 15 is 0 Å². The van der Waals surface area contributed by atoms with Crippen molar-refractivity contribution >= 4 is 11.7 Å². The fraction of sp³-hybridized carbons (Fsp3) is 0.556. The van der Waals surface area contributed by atoms with Gasteiger partial charge in [-0.05, 0) is 13.8 Å². The number of hydrogen-bond acceptors (Lipinski definition) is 5. The molecule has 1 rings (SSSR count). The number of carbonyl (C=O) groups excluding carboxylic acids is 1. The van der Waals surface area contributed by atoms with Crippen LogP contribution in [0, 0.1) is 6.92 Å². The van der Waals surface area contributed by atoms with Gasteiger partial charge in [-0.3, -0.25) is 4.68 Å². The standard InChI is InChI=1S/C9H15N3O3/c1-4-12-8(7(10)6(2)11-12)9(13)15-5-14-3/h4-5,10H2,1-3H3. The molecule has 0 aliphatic heterocycles. The van der Waals surface area contributed by atoms with Gasteiger partial charge in [-0.2, -0.15) is 5.10 Å². The van der Waals surface area contributed by atoms with E-state index in [2.05, 4.69) is 9.84 Å². The van der Waals surface area contributed by atoms with Crippen molar-refractivity contribution in [3.63, 3.8) is 0 Å². The Labute approximate surface area is 88.0 Å². The average Bonchev–Trinajstić information content (AvgIpc) is 2.51. The van der Waals surface area contributed by atoms with Crippen LogP contribution in [0.5, 0.6) is 0 Å². The Hall–Kier alpha value is -1.56.